The van der Waals surface area contributed by atoms with E-state index in [2.05, 4.69) is 103 Å². The van der Waals surface area contributed by atoms with Gasteiger partial charge in [-0.05, 0) is 107 Å². The van der Waals surface area contributed by atoms with Crippen molar-refractivity contribution in [1.29, 1.82) is 0 Å². The largest absolute Gasteiger partial charge is 0.354 e. The summed E-state index contributed by atoms with van der Waals surface area (Å²) < 4.78 is 4.96. The second kappa shape index (κ2) is 20.5. The molecule has 0 fully saturated rings. The number of rotatable bonds is 6. The second-order valence-electron chi connectivity index (χ2n) is 16.2. The third kappa shape index (κ3) is 9.86. The number of fused-ring (bicyclic) bond motifs is 6. The average Bonchev–Trinajstić information content (AvgIpc) is 4.25. The molecule has 0 amide bonds. The average molecular weight is 1040 g/mol. The van der Waals surface area contributed by atoms with Gasteiger partial charge in [0, 0.05) is 53.7 Å². The van der Waals surface area contributed by atoms with E-state index in [1.807, 2.05) is 137 Å². The molecule has 13 aromatic rings. The van der Waals surface area contributed by atoms with Crippen LogP contribution < -0.4 is 0 Å². The maximum Gasteiger partial charge on any atom is 0.277 e. The third-order valence-electron chi connectivity index (χ3n) is 11.8. The molecule has 2 N–H and O–H groups in total. The monoisotopic (exact) mass is 1040 g/mol. The highest BCUT2D eigenvalue weighted by atomic mass is 127. The number of aromatic amines is 2. The number of halogens is 1. The number of H-pyrrole nitrogens is 2. The van der Waals surface area contributed by atoms with E-state index in [9.17, 15) is 20.2 Å². The fourth-order valence-electron chi connectivity index (χ4n) is 8.38. The van der Waals surface area contributed by atoms with Gasteiger partial charge in [-0.15, -0.1) is 0 Å². The molecule has 0 bridgehead atoms. The second-order valence-corrected chi connectivity index (χ2v) is 17.4. The van der Waals surface area contributed by atoms with E-state index >= 15 is 0 Å². The first kappa shape index (κ1) is 45.5. The Morgan fingerprint density at radius 3 is 1.49 bits per heavy atom. The highest BCUT2D eigenvalue weighted by Gasteiger charge is 2.16. The van der Waals surface area contributed by atoms with Gasteiger partial charge in [-0.3, -0.25) is 25.3 Å². The van der Waals surface area contributed by atoms with E-state index in [0.29, 0.717) is 11.1 Å². The number of aromatic nitrogens is 7. The highest BCUT2D eigenvalue weighted by Crippen LogP contribution is 2.32. The Morgan fingerprint density at radius 2 is 0.901 bits per heavy atom. The van der Waals surface area contributed by atoms with Gasteiger partial charge in [0.05, 0.1) is 67.5 Å². The molecule has 0 aliphatic heterocycles. The van der Waals surface area contributed by atoms with E-state index in [4.69, 9.17) is 0 Å². The lowest BCUT2D eigenvalue weighted by molar-refractivity contribution is -0.384. The molecule has 13 nitrogen and oxygen atoms in total. The standard InChI is InChI=1S/C19H13N3O2.C19H13N3.C12H8INO2.C7H6N2/c23-22(24)19-8-4-2-6-17(19)14-9-11-16(12-10-14)21-18-7-3-1-5-15(18)13-20-21;1-4-8-19-13(5-1)12-20-22(19)14-9-10-16-15-6-2-3-7-17(15)21-18(16)11-14;13-10-7-5-9(6-8-10)11-3-1-2-4-12(11)14(15)16;1-2-4-7-6(3-1)5-8-9-7/h1-13H;1-12,21H;1-8H;1-5H,(H,8,9). The fourth-order valence-corrected chi connectivity index (χ4v) is 8.74. The zero-order valence-electron chi connectivity index (χ0n) is 37.6. The number of nitro benzene ring substituents is 2. The van der Waals surface area contributed by atoms with Crippen LogP contribution in [0.2, 0.25) is 0 Å². The minimum Gasteiger partial charge on any atom is -0.354 e. The summed E-state index contributed by atoms with van der Waals surface area (Å²) in [6, 6.07) is 67.9. The summed E-state index contributed by atoms with van der Waals surface area (Å²) in [7, 11) is 0. The third-order valence-corrected chi connectivity index (χ3v) is 12.5. The first-order valence-electron chi connectivity index (χ1n) is 22.4. The SMILES string of the molecule is O=[N+]([O-])c1ccccc1-c1ccc(-n2ncc3ccccc32)cc1.O=[N+]([O-])c1ccccc1-c1ccc(I)cc1.c1ccc2[nH]ncc2c1.c1ccc2c(c1)cnn2-c1ccc2c(c1)[nH]c1ccccc12. The first-order valence-corrected chi connectivity index (χ1v) is 23.4. The van der Waals surface area contributed by atoms with Crippen LogP contribution in [0.15, 0.2) is 231 Å². The van der Waals surface area contributed by atoms with Crippen molar-refractivity contribution in [2.75, 3.05) is 0 Å². The number of para-hydroxylation sites is 6. The predicted octanol–water partition coefficient (Wildman–Crippen LogP) is 14.7. The summed E-state index contributed by atoms with van der Waals surface area (Å²) in [6.45, 7) is 0. The molecule has 0 radical (unpaired) electrons. The maximum absolute atomic E-state index is 11.2. The molecule has 71 heavy (non-hydrogen) atoms. The number of benzene rings is 9. The Balaban J connectivity index is 0.000000115. The Labute approximate surface area is 419 Å². The lowest BCUT2D eigenvalue weighted by Crippen LogP contribution is -1.96. The molecular formula is C57H40IN9O4. The van der Waals surface area contributed by atoms with Crippen molar-refractivity contribution in [3.63, 3.8) is 0 Å². The molecule has 4 heterocycles. The normalized spacial score (nSPS) is 10.8. The Morgan fingerprint density at radius 1 is 0.437 bits per heavy atom. The summed E-state index contributed by atoms with van der Waals surface area (Å²) in [5.74, 6) is 0. The topological polar surface area (TPSA) is 166 Å². The molecule has 0 aliphatic rings. The van der Waals surface area contributed by atoms with E-state index in [0.717, 1.165) is 64.3 Å². The minimum absolute atomic E-state index is 0.106. The van der Waals surface area contributed by atoms with Crippen molar-refractivity contribution >= 4 is 88.5 Å². The van der Waals surface area contributed by atoms with Crippen LogP contribution in [-0.2, 0) is 0 Å². The van der Waals surface area contributed by atoms with Gasteiger partial charge < -0.3 is 4.98 Å². The van der Waals surface area contributed by atoms with Gasteiger partial charge in [0.2, 0.25) is 0 Å². The van der Waals surface area contributed by atoms with Crippen LogP contribution in [0.1, 0.15) is 0 Å². The fraction of sp³-hybridized carbons (Fsp3) is 0. The van der Waals surface area contributed by atoms with Gasteiger partial charge in [-0.25, -0.2) is 9.36 Å². The molecule has 0 atom stereocenters. The molecule has 0 saturated carbocycles. The van der Waals surface area contributed by atoms with Crippen LogP contribution in [0.4, 0.5) is 11.4 Å². The zero-order chi connectivity index (χ0) is 48.7. The van der Waals surface area contributed by atoms with Crippen LogP contribution in [0.5, 0.6) is 0 Å². The van der Waals surface area contributed by atoms with Crippen molar-refractivity contribution in [3.8, 4) is 33.6 Å². The van der Waals surface area contributed by atoms with Gasteiger partial charge in [0.25, 0.3) is 11.4 Å². The quantitative estimate of drug-likeness (QED) is 0.0950. The molecule has 4 aromatic heterocycles. The summed E-state index contributed by atoms with van der Waals surface area (Å²) >= 11 is 2.20. The Kier molecular flexibility index (Phi) is 13.2. The summed E-state index contributed by atoms with van der Waals surface area (Å²) in [6.07, 6.45) is 5.55. The van der Waals surface area contributed by atoms with Crippen molar-refractivity contribution in [3.05, 3.63) is 255 Å². The first-order chi connectivity index (χ1) is 34.8. The molecule has 0 aliphatic carbocycles. The van der Waals surface area contributed by atoms with E-state index < -0.39 is 0 Å². The number of hydrogen-bond acceptors (Lipinski definition) is 7. The molecule has 0 saturated heterocycles. The lowest BCUT2D eigenvalue weighted by Gasteiger charge is -2.06. The highest BCUT2D eigenvalue weighted by molar-refractivity contribution is 14.1. The van der Waals surface area contributed by atoms with Crippen LogP contribution >= 0.6 is 22.6 Å². The maximum atomic E-state index is 11.2. The van der Waals surface area contributed by atoms with Crippen LogP contribution in [-0.4, -0.2) is 44.6 Å². The summed E-state index contributed by atoms with van der Waals surface area (Å²) in [4.78, 5) is 24.8. The number of nitro groups is 2. The predicted molar refractivity (Wildman–Crippen MR) is 291 cm³/mol. The van der Waals surface area contributed by atoms with Gasteiger partial charge >= 0.3 is 0 Å². The zero-order valence-corrected chi connectivity index (χ0v) is 39.7. The van der Waals surface area contributed by atoms with Gasteiger partial charge in [0.15, 0.2) is 0 Å². The molecule has 0 unspecified atom stereocenters. The van der Waals surface area contributed by atoms with E-state index in [1.165, 1.54) is 28.4 Å². The lowest BCUT2D eigenvalue weighted by atomic mass is 10.0. The molecule has 344 valence electrons. The van der Waals surface area contributed by atoms with Crippen molar-refractivity contribution in [1.82, 2.24) is 34.7 Å². The Hall–Kier alpha value is -9.28. The van der Waals surface area contributed by atoms with E-state index in [-0.39, 0.29) is 21.2 Å². The number of nitrogens with zero attached hydrogens (tertiary/aromatic N) is 7. The van der Waals surface area contributed by atoms with Crippen LogP contribution in [0, 0.1) is 23.8 Å². The molecule has 13 rings (SSSR count). The molecule has 14 heteroatoms. The number of nitrogens with one attached hydrogen (secondary N) is 2. The van der Waals surface area contributed by atoms with Gasteiger partial charge in [-0.2, -0.15) is 15.3 Å². The smallest absolute Gasteiger partial charge is 0.277 e. The molecule has 0 spiro atoms. The van der Waals surface area contributed by atoms with Crippen LogP contribution in [0.25, 0.3) is 88.1 Å². The summed E-state index contributed by atoms with van der Waals surface area (Å²) in [5, 5.41) is 43.6. The minimum atomic E-state index is -0.357. The summed E-state index contributed by atoms with van der Waals surface area (Å²) in [5.41, 5.74) is 10.7. The van der Waals surface area contributed by atoms with Crippen molar-refractivity contribution in [2.45, 2.75) is 0 Å². The van der Waals surface area contributed by atoms with Crippen molar-refractivity contribution < 1.29 is 9.85 Å². The van der Waals surface area contributed by atoms with Crippen LogP contribution in [0.3, 0.4) is 0 Å². The van der Waals surface area contributed by atoms with Crippen molar-refractivity contribution in [2.24, 2.45) is 0 Å². The molecular weight excluding hydrogens is 1000 g/mol. The van der Waals surface area contributed by atoms with Gasteiger partial charge in [0.1, 0.15) is 0 Å². The molecule has 9 aromatic carbocycles. The Bertz CT molecular complexity index is 3960. The van der Waals surface area contributed by atoms with Gasteiger partial charge in [-0.1, -0.05) is 127 Å². The number of hydrogen-bond donors (Lipinski definition) is 2. The van der Waals surface area contributed by atoms with E-state index in [1.54, 1.807) is 36.4 Å².